The normalized spacial score (nSPS) is 16.4. The summed E-state index contributed by atoms with van der Waals surface area (Å²) in [6.07, 6.45) is 0.840. The van der Waals surface area contributed by atoms with Crippen molar-refractivity contribution in [2.24, 2.45) is 0 Å². The van der Waals surface area contributed by atoms with Crippen LogP contribution in [0.25, 0.3) is 11.3 Å². The molecule has 1 fully saturated rings. The molecule has 1 N–H and O–H groups in total. The van der Waals surface area contributed by atoms with Crippen molar-refractivity contribution in [3.05, 3.63) is 71.2 Å². The molecule has 0 spiro atoms. The van der Waals surface area contributed by atoms with Crippen LogP contribution in [0.2, 0.25) is 5.02 Å². The maximum Gasteiger partial charge on any atom is 0.249 e. The van der Waals surface area contributed by atoms with Gasteiger partial charge in [0, 0.05) is 29.6 Å². The van der Waals surface area contributed by atoms with Gasteiger partial charge in [0.15, 0.2) is 0 Å². The topological polar surface area (TPSA) is 75.4 Å². The minimum atomic E-state index is -0.531. The van der Waals surface area contributed by atoms with Gasteiger partial charge in [-0.1, -0.05) is 59.2 Å². The van der Waals surface area contributed by atoms with Crippen molar-refractivity contribution in [2.45, 2.75) is 25.4 Å². The van der Waals surface area contributed by atoms with Crippen LogP contribution in [0.4, 0.5) is 5.88 Å². The molecule has 1 aliphatic heterocycles. The maximum atomic E-state index is 12.7. The summed E-state index contributed by atoms with van der Waals surface area (Å²) in [7, 11) is 0. The molecule has 4 rings (SSSR count). The smallest absolute Gasteiger partial charge is 0.249 e. The van der Waals surface area contributed by atoms with Gasteiger partial charge in [-0.05, 0) is 24.1 Å². The quantitative estimate of drug-likeness (QED) is 0.704. The average Bonchev–Trinajstić information content (AvgIpc) is 3.31. The number of aromatic nitrogens is 1. The van der Waals surface area contributed by atoms with Crippen molar-refractivity contribution >= 4 is 29.3 Å². The van der Waals surface area contributed by atoms with Gasteiger partial charge in [-0.2, -0.15) is 0 Å². The molecule has 0 aliphatic carbocycles. The molecule has 1 saturated heterocycles. The number of carbonyl (C=O) groups excluding carboxylic acids is 2. The Labute approximate surface area is 167 Å². The molecule has 142 valence electrons. The Morgan fingerprint density at radius 3 is 2.68 bits per heavy atom. The third-order valence-electron chi connectivity index (χ3n) is 4.72. The van der Waals surface area contributed by atoms with E-state index in [1.807, 2.05) is 42.5 Å². The summed E-state index contributed by atoms with van der Waals surface area (Å²) in [5.74, 6) is -0.0574. The van der Waals surface area contributed by atoms with Crippen LogP contribution in [0.3, 0.4) is 0 Å². The Kier molecular flexibility index (Phi) is 5.12. The highest BCUT2D eigenvalue weighted by molar-refractivity contribution is 6.30. The van der Waals surface area contributed by atoms with Gasteiger partial charge >= 0.3 is 0 Å². The van der Waals surface area contributed by atoms with E-state index in [-0.39, 0.29) is 17.7 Å². The number of halogens is 1. The first-order valence-electron chi connectivity index (χ1n) is 8.97. The number of nitrogens with zero attached hydrogens (tertiary/aromatic N) is 2. The summed E-state index contributed by atoms with van der Waals surface area (Å²) < 4.78 is 5.24. The van der Waals surface area contributed by atoms with Crippen LogP contribution in [0.1, 0.15) is 18.4 Å². The Hall–Kier alpha value is -3.12. The molecule has 2 aromatic carbocycles. The lowest BCUT2D eigenvalue weighted by molar-refractivity contribution is -0.133. The van der Waals surface area contributed by atoms with E-state index >= 15 is 0 Å². The summed E-state index contributed by atoms with van der Waals surface area (Å²) >= 11 is 5.90. The van der Waals surface area contributed by atoms with Gasteiger partial charge in [0.2, 0.25) is 17.7 Å². The fraction of sp³-hybridized carbons (Fsp3) is 0.190. The Bertz CT molecular complexity index is 986. The third-order valence-corrected chi connectivity index (χ3v) is 4.98. The first-order chi connectivity index (χ1) is 13.6. The van der Waals surface area contributed by atoms with E-state index in [1.54, 1.807) is 23.1 Å². The van der Waals surface area contributed by atoms with Crippen LogP contribution in [0.5, 0.6) is 0 Å². The zero-order valence-corrected chi connectivity index (χ0v) is 15.7. The van der Waals surface area contributed by atoms with Crippen LogP contribution in [0, 0.1) is 0 Å². The molecule has 1 aromatic heterocycles. The van der Waals surface area contributed by atoms with Crippen molar-refractivity contribution in [3.8, 4) is 11.3 Å². The summed E-state index contributed by atoms with van der Waals surface area (Å²) in [6.45, 7) is 0.407. The van der Waals surface area contributed by atoms with Crippen LogP contribution in [0.15, 0.2) is 65.2 Å². The Balaban J connectivity index is 1.45. The van der Waals surface area contributed by atoms with Gasteiger partial charge in [-0.3, -0.25) is 14.9 Å². The summed E-state index contributed by atoms with van der Waals surface area (Å²) in [5, 5.41) is 7.35. The highest BCUT2D eigenvalue weighted by Crippen LogP contribution is 2.26. The van der Waals surface area contributed by atoms with E-state index in [0.717, 1.165) is 11.1 Å². The molecule has 1 aliphatic rings. The predicted octanol–water partition coefficient (Wildman–Crippen LogP) is 4.12. The second-order valence-corrected chi connectivity index (χ2v) is 7.07. The number of rotatable bonds is 5. The molecule has 1 unspecified atom stereocenters. The molecule has 7 heteroatoms. The van der Waals surface area contributed by atoms with E-state index in [4.69, 9.17) is 16.1 Å². The lowest BCUT2D eigenvalue weighted by atomic mass is 10.1. The first kappa shape index (κ1) is 18.3. The number of benzene rings is 2. The van der Waals surface area contributed by atoms with Gasteiger partial charge in [-0.15, -0.1) is 0 Å². The van der Waals surface area contributed by atoms with Gasteiger partial charge in [0.1, 0.15) is 11.7 Å². The highest BCUT2D eigenvalue weighted by Gasteiger charge is 2.36. The van der Waals surface area contributed by atoms with Crippen LogP contribution < -0.4 is 5.32 Å². The molecule has 6 nitrogen and oxygen atoms in total. The third kappa shape index (κ3) is 3.92. The van der Waals surface area contributed by atoms with Crippen LogP contribution >= 0.6 is 11.6 Å². The fourth-order valence-corrected chi connectivity index (χ4v) is 3.41. The molecular formula is C21H18ClN3O3. The molecule has 28 heavy (non-hydrogen) atoms. The summed E-state index contributed by atoms with van der Waals surface area (Å²) in [4.78, 5) is 26.6. The number of carbonyl (C=O) groups is 2. The van der Waals surface area contributed by atoms with Crippen molar-refractivity contribution < 1.29 is 14.1 Å². The highest BCUT2D eigenvalue weighted by atomic mass is 35.5. The second-order valence-electron chi connectivity index (χ2n) is 6.63. The van der Waals surface area contributed by atoms with E-state index < -0.39 is 6.04 Å². The van der Waals surface area contributed by atoms with Crippen molar-refractivity contribution in [1.82, 2.24) is 10.1 Å². The second kappa shape index (κ2) is 7.86. The molecule has 3 aromatic rings. The number of anilines is 1. The Morgan fingerprint density at radius 2 is 1.93 bits per heavy atom. The van der Waals surface area contributed by atoms with Gasteiger partial charge in [0.25, 0.3) is 0 Å². The number of nitrogens with one attached hydrogen (secondary N) is 1. The SMILES string of the molecule is O=C(Nc1cc(-c2ccc(Cl)cc2)no1)C1CCC(=O)N1Cc1ccccc1. The molecule has 2 amide bonds. The lowest BCUT2D eigenvalue weighted by Crippen LogP contribution is -2.41. The number of amides is 2. The van der Waals surface area contributed by atoms with E-state index in [9.17, 15) is 9.59 Å². The van der Waals surface area contributed by atoms with Crippen molar-refractivity contribution in [2.75, 3.05) is 5.32 Å². The van der Waals surface area contributed by atoms with Crippen molar-refractivity contribution in [3.63, 3.8) is 0 Å². The zero-order valence-electron chi connectivity index (χ0n) is 15.0. The van der Waals surface area contributed by atoms with Crippen LogP contribution in [-0.4, -0.2) is 27.9 Å². The molecule has 1 atom stereocenters. The van der Waals surface area contributed by atoms with Crippen molar-refractivity contribution in [1.29, 1.82) is 0 Å². The standard InChI is InChI=1S/C21H18ClN3O3/c22-16-8-6-15(7-9-16)17-12-19(28-24-17)23-21(27)18-10-11-20(26)25(18)13-14-4-2-1-3-5-14/h1-9,12,18H,10-11,13H2,(H,23,27). The molecule has 0 bridgehead atoms. The van der Waals surface area contributed by atoms with Gasteiger partial charge < -0.3 is 9.42 Å². The summed E-state index contributed by atoms with van der Waals surface area (Å²) in [6, 6.07) is 17.9. The van der Waals surface area contributed by atoms with Gasteiger partial charge in [0.05, 0.1) is 0 Å². The predicted molar refractivity (Wildman–Crippen MR) is 106 cm³/mol. The molecule has 0 radical (unpaired) electrons. The number of likely N-dealkylation sites (tertiary alicyclic amines) is 1. The van der Waals surface area contributed by atoms with E-state index in [2.05, 4.69) is 10.5 Å². The molecular weight excluding hydrogens is 378 g/mol. The first-order valence-corrected chi connectivity index (χ1v) is 9.35. The number of hydrogen-bond donors (Lipinski definition) is 1. The lowest BCUT2D eigenvalue weighted by Gasteiger charge is -2.23. The zero-order chi connectivity index (χ0) is 19.5. The largest absolute Gasteiger partial charge is 0.338 e. The Morgan fingerprint density at radius 1 is 1.18 bits per heavy atom. The van der Waals surface area contributed by atoms with Gasteiger partial charge in [-0.25, -0.2) is 0 Å². The maximum absolute atomic E-state index is 12.7. The molecule has 2 heterocycles. The average molecular weight is 396 g/mol. The minimum Gasteiger partial charge on any atom is -0.338 e. The van der Waals surface area contributed by atoms with E-state index in [0.29, 0.717) is 30.1 Å². The minimum absolute atomic E-state index is 0.0246. The number of hydrogen-bond acceptors (Lipinski definition) is 4. The van der Waals surface area contributed by atoms with Crippen LogP contribution in [-0.2, 0) is 16.1 Å². The molecule has 0 saturated carbocycles. The summed E-state index contributed by atoms with van der Waals surface area (Å²) in [5.41, 5.74) is 2.41. The monoisotopic (exact) mass is 395 g/mol. The van der Waals surface area contributed by atoms with E-state index in [1.165, 1.54) is 0 Å². The fourth-order valence-electron chi connectivity index (χ4n) is 3.28.